The van der Waals surface area contributed by atoms with Crippen molar-refractivity contribution >= 4 is 28.9 Å². The van der Waals surface area contributed by atoms with Gasteiger partial charge in [0, 0.05) is 32.2 Å². The van der Waals surface area contributed by atoms with Crippen molar-refractivity contribution in [1.82, 2.24) is 24.8 Å². The largest absolute Gasteiger partial charge is 0.463 e. The molecule has 1 aromatic carbocycles. The Labute approximate surface area is 228 Å². The van der Waals surface area contributed by atoms with Crippen LogP contribution in [0.15, 0.2) is 30.3 Å². The maximum absolute atomic E-state index is 12.2. The Bertz CT molecular complexity index is 1310. The van der Waals surface area contributed by atoms with Gasteiger partial charge in [0.2, 0.25) is 0 Å². The Morgan fingerprint density at radius 1 is 1.13 bits per heavy atom. The molecule has 1 unspecified atom stereocenters. The van der Waals surface area contributed by atoms with Gasteiger partial charge in [0.05, 0.1) is 12.0 Å². The number of primary amides is 1. The third-order valence-corrected chi connectivity index (χ3v) is 6.51. The summed E-state index contributed by atoms with van der Waals surface area (Å²) in [5.41, 5.74) is 14.3. The zero-order chi connectivity index (χ0) is 28.2. The number of nitrogens with zero attached hydrogens (tertiary/aromatic N) is 4. The topological polar surface area (TPSA) is 151 Å². The number of likely N-dealkylation sites (tertiary alicyclic amines) is 1. The van der Waals surface area contributed by atoms with Crippen molar-refractivity contribution in [2.45, 2.75) is 71.7 Å². The Morgan fingerprint density at radius 3 is 2.46 bits per heavy atom. The van der Waals surface area contributed by atoms with Gasteiger partial charge in [0.15, 0.2) is 0 Å². The number of hydrogen-bond donors (Lipinski definition) is 3. The highest BCUT2D eigenvalue weighted by molar-refractivity contribution is 5.99. The second kappa shape index (κ2) is 11.9. The molecule has 1 atom stereocenters. The number of unbranched alkanes of at least 4 members (excludes halogenated alkanes) is 1. The quantitative estimate of drug-likeness (QED) is 0.333. The van der Waals surface area contributed by atoms with E-state index >= 15 is 0 Å². The zero-order valence-electron chi connectivity index (χ0n) is 23.2. The van der Waals surface area contributed by atoms with E-state index in [9.17, 15) is 9.59 Å². The number of benzene rings is 1. The van der Waals surface area contributed by atoms with Crippen LogP contribution in [0.4, 0.5) is 10.6 Å². The van der Waals surface area contributed by atoms with Crippen molar-refractivity contribution in [3.63, 3.8) is 0 Å². The third-order valence-electron chi connectivity index (χ3n) is 6.51. The highest BCUT2D eigenvalue weighted by Crippen LogP contribution is 2.26. The van der Waals surface area contributed by atoms with Gasteiger partial charge in [-0.05, 0) is 50.8 Å². The van der Waals surface area contributed by atoms with Gasteiger partial charge in [0.1, 0.15) is 22.8 Å². The molecule has 2 amide bonds. The molecule has 3 aromatic rings. The number of nitrogens with two attached hydrogens (primary N) is 2. The monoisotopic (exact) mass is 537 g/mol. The summed E-state index contributed by atoms with van der Waals surface area (Å²) in [4.78, 5) is 35.4. The number of amides is 2. The van der Waals surface area contributed by atoms with E-state index in [0.29, 0.717) is 29.9 Å². The van der Waals surface area contributed by atoms with Gasteiger partial charge in [-0.25, -0.2) is 4.79 Å². The van der Waals surface area contributed by atoms with Gasteiger partial charge in [-0.2, -0.15) is 9.97 Å². The molecular formula is C28H39N7O4. The van der Waals surface area contributed by atoms with E-state index in [-0.39, 0.29) is 24.0 Å². The molecule has 210 valence electrons. The predicted molar refractivity (Wildman–Crippen MR) is 149 cm³/mol. The van der Waals surface area contributed by atoms with Gasteiger partial charge in [0.25, 0.3) is 5.91 Å². The van der Waals surface area contributed by atoms with E-state index < -0.39 is 11.5 Å². The maximum Gasteiger partial charge on any atom is 0.407 e. The first-order valence-corrected chi connectivity index (χ1v) is 13.4. The minimum Gasteiger partial charge on any atom is -0.463 e. The van der Waals surface area contributed by atoms with E-state index in [1.54, 1.807) is 10.6 Å². The van der Waals surface area contributed by atoms with Gasteiger partial charge < -0.3 is 30.8 Å². The van der Waals surface area contributed by atoms with E-state index in [2.05, 4.69) is 39.2 Å². The van der Waals surface area contributed by atoms with Crippen molar-refractivity contribution in [3.8, 4) is 6.01 Å². The van der Waals surface area contributed by atoms with E-state index in [1.165, 1.54) is 0 Å². The highest BCUT2D eigenvalue weighted by atomic mass is 16.6. The molecule has 1 aliphatic heterocycles. The summed E-state index contributed by atoms with van der Waals surface area (Å²) in [6.45, 7) is 10.9. The van der Waals surface area contributed by atoms with Gasteiger partial charge in [-0.15, -0.1) is 0 Å². The summed E-state index contributed by atoms with van der Waals surface area (Å²) in [7, 11) is 0. The van der Waals surface area contributed by atoms with Crippen LogP contribution in [0.3, 0.4) is 0 Å². The number of ether oxygens (including phenoxy) is 2. The van der Waals surface area contributed by atoms with Crippen LogP contribution in [0.1, 0.15) is 68.6 Å². The van der Waals surface area contributed by atoms with Crippen molar-refractivity contribution in [2.75, 3.05) is 25.4 Å². The first kappa shape index (κ1) is 28.2. The molecule has 0 saturated carbocycles. The number of nitrogen functional groups attached to an aromatic ring is 1. The number of carbonyl (C=O) groups is 2. The molecule has 5 N–H and O–H groups in total. The Balaban J connectivity index is 1.43. The molecule has 2 aromatic heterocycles. The lowest BCUT2D eigenvalue weighted by Gasteiger charge is -2.22. The lowest BCUT2D eigenvalue weighted by molar-refractivity contribution is 0.0505. The van der Waals surface area contributed by atoms with Gasteiger partial charge in [-0.1, -0.05) is 37.6 Å². The molecule has 11 heteroatoms. The molecule has 0 spiro atoms. The molecule has 1 aliphatic rings. The van der Waals surface area contributed by atoms with Crippen LogP contribution in [-0.4, -0.2) is 62.8 Å². The molecule has 0 radical (unpaired) electrons. The normalized spacial score (nSPS) is 15.9. The number of rotatable bonds is 10. The van der Waals surface area contributed by atoms with E-state index in [1.807, 2.05) is 32.9 Å². The number of carbonyl (C=O) groups excluding carboxylic acids is 2. The van der Waals surface area contributed by atoms with Gasteiger partial charge >= 0.3 is 12.1 Å². The number of anilines is 1. The highest BCUT2D eigenvalue weighted by Gasteiger charge is 2.26. The molecular weight excluding hydrogens is 498 g/mol. The standard InChI is InChI=1S/C28H39N7O4/c1-5-6-13-38-26-32-23(29)21-14-22(24(30)36)35(25(21)33-26)16-19-9-7-18(8-10-19)15-34-12-11-20(17-34)31-27(37)39-28(2,3)4/h7-10,14,20H,5-6,11-13,15-17H2,1-4H3,(H2,30,36)(H,31,37)(H2,29,32,33). The van der Waals surface area contributed by atoms with Crippen molar-refractivity contribution in [3.05, 3.63) is 47.2 Å². The fraction of sp³-hybridized carbons (Fsp3) is 0.500. The van der Waals surface area contributed by atoms with E-state index in [4.69, 9.17) is 20.9 Å². The number of hydrogen-bond acceptors (Lipinski definition) is 8. The van der Waals surface area contributed by atoms with E-state index in [0.717, 1.165) is 50.0 Å². The van der Waals surface area contributed by atoms with Crippen LogP contribution in [-0.2, 0) is 17.8 Å². The van der Waals surface area contributed by atoms with Crippen LogP contribution in [0, 0.1) is 0 Å². The van der Waals surface area contributed by atoms with Crippen molar-refractivity contribution in [2.24, 2.45) is 5.73 Å². The lowest BCUT2D eigenvalue weighted by atomic mass is 10.1. The van der Waals surface area contributed by atoms with Crippen molar-refractivity contribution in [1.29, 1.82) is 0 Å². The predicted octanol–water partition coefficient (Wildman–Crippen LogP) is 3.44. The summed E-state index contributed by atoms with van der Waals surface area (Å²) in [6, 6.07) is 10.1. The second-order valence-electron chi connectivity index (χ2n) is 11.0. The molecule has 1 fully saturated rings. The zero-order valence-corrected chi connectivity index (χ0v) is 23.2. The van der Waals surface area contributed by atoms with Crippen LogP contribution < -0.4 is 21.5 Å². The molecule has 3 heterocycles. The SMILES string of the molecule is CCCCOc1nc(N)c2cc(C(N)=O)n(Cc3ccc(CN4CCC(NC(=O)OC(C)(C)C)C4)cc3)c2n1. The second-order valence-corrected chi connectivity index (χ2v) is 11.0. The molecule has 11 nitrogen and oxygen atoms in total. The smallest absolute Gasteiger partial charge is 0.407 e. The Hall–Kier alpha value is -3.86. The summed E-state index contributed by atoms with van der Waals surface area (Å²) >= 11 is 0. The molecule has 1 saturated heterocycles. The lowest BCUT2D eigenvalue weighted by Crippen LogP contribution is -2.40. The van der Waals surface area contributed by atoms with Crippen LogP contribution in [0.5, 0.6) is 6.01 Å². The summed E-state index contributed by atoms with van der Waals surface area (Å²) in [6.07, 6.45) is 2.36. The number of aromatic nitrogens is 3. The average molecular weight is 538 g/mol. The third kappa shape index (κ3) is 7.38. The first-order valence-electron chi connectivity index (χ1n) is 13.4. The minimum atomic E-state index is -0.568. The molecule has 39 heavy (non-hydrogen) atoms. The summed E-state index contributed by atoms with van der Waals surface area (Å²) in [5.74, 6) is -0.325. The maximum atomic E-state index is 12.2. The average Bonchev–Trinajstić information content (AvgIpc) is 3.44. The van der Waals surface area contributed by atoms with Crippen LogP contribution in [0.25, 0.3) is 11.0 Å². The summed E-state index contributed by atoms with van der Waals surface area (Å²) < 4.78 is 12.8. The first-order chi connectivity index (χ1) is 18.5. The van der Waals surface area contributed by atoms with Gasteiger partial charge in [-0.3, -0.25) is 9.69 Å². The fourth-order valence-corrected chi connectivity index (χ4v) is 4.62. The van der Waals surface area contributed by atoms with Crippen molar-refractivity contribution < 1.29 is 19.1 Å². The van der Waals surface area contributed by atoms with Crippen LogP contribution in [0.2, 0.25) is 0 Å². The Morgan fingerprint density at radius 2 is 1.82 bits per heavy atom. The van der Waals surface area contributed by atoms with Crippen LogP contribution >= 0.6 is 0 Å². The molecule has 4 rings (SSSR count). The number of nitrogens with one attached hydrogen (secondary N) is 1. The number of alkyl carbamates (subject to hydrolysis) is 1. The Kier molecular flexibility index (Phi) is 8.59. The summed E-state index contributed by atoms with van der Waals surface area (Å²) in [5, 5.41) is 3.53. The molecule has 0 bridgehead atoms. The minimum absolute atomic E-state index is 0.0682. The molecule has 0 aliphatic carbocycles. The fourth-order valence-electron chi connectivity index (χ4n) is 4.62. The number of fused-ring (bicyclic) bond motifs is 1.